The standard InChI is InChI=1S/C46H64N14O8S/c1-4-5-15-33(55-27(3)61)41(64)54-26(2)40(63)57-37(21-30-23-50-25-53-30)45(68)58-35(19-28-12-7-6-8-13-28)43(66)56-34(17-11-18-51-46(48)49)42(65)59-36(44(67)60-38(24-69)39(47)62)20-29-22-52-32-16-10-9-14-31(29)32/h6-10,12-14,16,22-23,25-26,33-38,52,69H,4-5,11,15,17-21,24H2,1-3H3,(H2,47,62)(H,50,53)(H,54,64)(H,55,61)(H,56,66)(H,57,63)(H,58,68)(H,59,65)(H,60,67)(H4,48,49,51)/t26-,33-,34-,35+,36-,37-,38-/m0/s1. The second-order valence-corrected chi connectivity index (χ2v) is 16.9. The first-order valence-electron chi connectivity index (χ1n) is 22.6. The van der Waals surface area contributed by atoms with Crippen LogP contribution < -0.4 is 54.4 Å². The quantitative estimate of drug-likeness (QED) is 0.0142. The van der Waals surface area contributed by atoms with Gasteiger partial charge in [0.1, 0.15) is 42.3 Å². The Hall–Kier alpha value is -7.43. The zero-order chi connectivity index (χ0) is 50.5. The molecule has 22 nitrogen and oxygen atoms in total. The summed E-state index contributed by atoms with van der Waals surface area (Å²) in [6.45, 7) is 4.73. The van der Waals surface area contributed by atoms with Gasteiger partial charge in [-0.3, -0.25) is 43.3 Å². The Morgan fingerprint density at radius 3 is 1.81 bits per heavy atom. The third-order valence-corrected chi connectivity index (χ3v) is 11.3. The minimum Gasteiger partial charge on any atom is -0.370 e. The van der Waals surface area contributed by atoms with Crippen LogP contribution in [0.3, 0.4) is 0 Å². The summed E-state index contributed by atoms with van der Waals surface area (Å²) in [5.74, 6) is -5.97. The molecule has 0 bridgehead atoms. The molecule has 0 saturated carbocycles. The number of aliphatic imine (C=N–C) groups is 1. The molecule has 0 radical (unpaired) electrons. The van der Waals surface area contributed by atoms with Gasteiger partial charge in [0.2, 0.25) is 47.3 Å². The van der Waals surface area contributed by atoms with Crippen LogP contribution in [0.4, 0.5) is 0 Å². The number of guanidine groups is 1. The van der Waals surface area contributed by atoms with Gasteiger partial charge in [-0.1, -0.05) is 68.3 Å². The van der Waals surface area contributed by atoms with Gasteiger partial charge in [-0.2, -0.15) is 12.6 Å². The van der Waals surface area contributed by atoms with Crippen molar-refractivity contribution in [2.24, 2.45) is 22.2 Å². The lowest BCUT2D eigenvalue weighted by atomic mass is 10.0. The summed E-state index contributed by atoms with van der Waals surface area (Å²) in [6, 6.07) is 7.60. The van der Waals surface area contributed by atoms with Crippen LogP contribution in [0.1, 0.15) is 69.7 Å². The van der Waals surface area contributed by atoms with E-state index in [-0.39, 0.29) is 50.4 Å². The smallest absolute Gasteiger partial charge is 0.243 e. The van der Waals surface area contributed by atoms with Gasteiger partial charge < -0.3 is 64.4 Å². The number of aromatic amines is 2. The van der Waals surface area contributed by atoms with Gasteiger partial charge in [0.25, 0.3) is 0 Å². The second kappa shape index (κ2) is 27.4. The molecule has 69 heavy (non-hydrogen) atoms. The van der Waals surface area contributed by atoms with Crippen molar-refractivity contribution in [1.29, 1.82) is 0 Å². The van der Waals surface area contributed by atoms with E-state index in [1.54, 1.807) is 36.5 Å². The summed E-state index contributed by atoms with van der Waals surface area (Å²) in [7, 11) is 0. The molecule has 15 N–H and O–H groups in total. The fourth-order valence-electron chi connectivity index (χ4n) is 7.28. The molecule has 0 saturated heterocycles. The van der Waals surface area contributed by atoms with Crippen LogP contribution in [0.5, 0.6) is 0 Å². The zero-order valence-electron chi connectivity index (χ0n) is 38.9. The number of fused-ring (bicyclic) bond motifs is 1. The number of carbonyl (C=O) groups is 8. The van der Waals surface area contributed by atoms with Crippen LogP contribution in [-0.2, 0) is 57.6 Å². The highest BCUT2D eigenvalue weighted by Gasteiger charge is 2.34. The summed E-state index contributed by atoms with van der Waals surface area (Å²) < 4.78 is 0. The molecule has 0 aliphatic carbocycles. The van der Waals surface area contributed by atoms with Crippen molar-refractivity contribution in [1.82, 2.24) is 52.2 Å². The van der Waals surface area contributed by atoms with E-state index in [1.165, 1.54) is 26.4 Å². The van der Waals surface area contributed by atoms with Crippen molar-refractivity contribution in [3.05, 3.63) is 90.1 Å². The van der Waals surface area contributed by atoms with E-state index in [0.29, 0.717) is 29.7 Å². The SMILES string of the molecule is CCCC[C@H](NC(C)=O)C(=O)N[C@@H](C)C(=O)N[C@@H](Cc1cnc[nH]1)C(=O)N[C@H](Cc1ccccc1)C(=O)N[C@@H](CCCN=C(N)N)C(=O)N[C@@H](Cc1c[nH]c2ccccc12)C(=O)N[C@@H](CS)C(N)=O. The number of hydrogen-bond donors (Lipinski definition) is 13. The van der Waals surface area contributed by atoms with E-state index < -0.39 is 89.6 Å². The second-order valence-electron chi connectivity index (χ2n) is 16.5. The van der Waals surface area contributed by atoms with Gasteiger partial charge in [0.05, 0.1) is 6.33 Å². The summed E-state index contributed by atoms with van der Waals surface area (Å²) in [6.07, 6.45) is 6.24. The number of nitrogens with one attached hydrogen (secondary N) is 9. The molecule has 4 rings (SSSR count). The van der Waals surface area contributed by atoms with E-state index >= 15 is 0 Å². The van der Waals surface area contributed by atoms with Crippen LogP contribution in [0.2, 0.25) is 0 Å². The first-order chi connectivity index (χ1) is 33.0. The molecular formula is C46H64N14O8S. The predicted octanol–water partition coefficient (Wildman–Crippen LogP) is -0.989. The molecule has 2 aromatic heterocycles. The molecule has 0 fully saturated rings. The van der Waals surface area contributed by atoms with Crippen molar-refractivity contribution >= 4 is 76.7 Å². The Bertz CT molecular complexity index is 2390. The highest BCUT2D eigenvalue weighted by molar-refractivity contribution is 7.80. The molecule has 0 aliphatic heterocycles. The average molecular weight is 973 g/mol. The normalized spacial score (nSPS) is 14.0. The zero-order valence-corrected chi connectivity index (χ0v) is 39.8. The van der Waals surface area contributed by atoms with Gasteiger partial charge >= 0.3 is 0 Å². The van der Waals surface area contributed by atoms with Gasteiger partial charge in [-0.15, -0.1) is 0 Å². The maximum absolute atomic E-state index is 14.5. The lowest BCUT2D eigenvalue weighted by Crippen LogP contribution is -2.60. The number of primary amides is 1. The van der Waals surface area contributed by atoms with Crippen molar-refractivity contribution in [3.8, 4) is 0 Å². The van der Waals surface area contributed by atoms with Crippen molar-refractivity contribution < 1.29 is 38.4 Å². The highest BCUT2D eigenvalue weighted by atomic mass is 32.1. The maximum atomic E-state index is 14.5. The van der Waals surface area contributed by atoms with Gasteiger partial charge in [-0.25, -0.2) is 4.98 Å². The molecule has 4 aromatic rings. The monoisotopic (exact) mass is 972 g/mol. The fourth-order valence-corrected chi connectivity index (χ4v) is 7.55. The van der Waals surface area contributed by atoms with Crippen LogP contribution in [0.25, 0.3) is 10.9 Å². The number of aromatic nitrogens is 3. The summed E-state index contributed by atoms with van der Waals surface area (Å²) in [5, 5.41) is 19.5. The number of rotatable bonds is 28. The maximum Gasteiger partial charge on any atom is 0.243 e. The van der Waals surface area contributed by atoms with Gasteiger partial charge in [-0.05, 0) is 43.4 Å². The van der Waals surface area contributed by atoms with Gasteiger partial charge in [0, 0.05) is 67.5 Å². The largest absolute Gasteiger partial charge is 0.370 e. The molecule has 2 heterocycles. The lowest BCUT2D eigenvalue weighted by molar-refractivity contribution is -0.135. The fraction of sp³-hybridized carbons (Fsp3) is 0.435. The molecule has 8 amide bonds. The summed E-state index contributed by atoms with van der Waals surface area (Å²) in [5.41, 5.74) is 19.2. The molecule has 7 atom stereocenters. The van der Waals surface area contributed by atoms with E-state index in [2.05, 4.69) is 69.8 Å². The molecule has 23 heteroatoms. The minimum atomic E-state index is -1.35. The minimum absolute atomic E-state index is 0.0360. The highest BCUT2D eigenvalue weighted by Crippen LogP contribution is 2.20. The van der Waals surface area contributed by atoms with Crippen LogP contribution in [-0.4, -0.2) is 123 Å². The summed E-state index contributed by atoms with van der Waals surface area (Å²) in [4.78, 5) is 122. The first-order valence-corrected chi connectivity index (χ1v) is 23.2. The molecule has 2 aromatic carbocycles. The number of para-hydroxylation sites is 1. The number of hydrogen-bond acceptors (Lipinski definition) is 11. The molecule has 372 valence electrons. The predicted molar refractivity (Wildman–Crippen MR) is 262 cm³/mol. The van der Waals surface area contributed by atoms with E-state index in [0.717, 1.165) is 17.3 Å². The Labute approximate surface area is 405 Å². The number of nitrogens with zero attached hydrogens (tertiary/aromatic N) is 2. The van der Waals surface area contributed by atoms with Gasteiger partial charge in [0.15, 0.2) is 5.96 Å². The van der Waals surface area contributed by atoms with Crippen LogP contribution >= 0.6 is 12.6 Å². The van der Waals surface area contributed by atoms with Crippen molar-refractivity contribution in [2.45, 2.75) is 114 Å². The molecule has 0 unspecified atom stereocenters. The van der Waals surface area contributed by atoms with Crippen LogP contribution in [0.15, 0.2) is 78.3 Å². The van der Waals surface area contributed by atoms with Crippen LogP contribution in [0, 0.1) is 0 Å². The number of unbranched alkanes of at least 4 members (excludes halogenated alkanes) is 1. The Morgan fingerprint density at radius 2 is 1.20 bits per heavy atom. The van der Waals surface area contributed by atoms with E-state index in [9.17, 15) is 38.4 Å². The lowest BCUT2D eigenvalue weighted by Gasteiger charge is -2.27. The van der Waals surface area contributed by atoms with Crippen molar-refractivity contribution in [2.75, 3.05) is 12.3 Å². The number of amides is 8. The number of carbonyl (C=O) groups excluding carboxylic acids is 8. The summed E-state index contributed by atoms with van der Waals surface area (Å²) >= 11 is 4.15. The average Bonchev–Trinajstić information content (AvgIpc) is 3.99. The third-order valence-electron chi connectivity index (χ3n) is 11.0. The number of benzene rings is 2. The topological polar surface area (TPSA) is 356 Å². The van der Waals surface area contributed by atoms with E-state index in [1.807, 2.05) is 31.2 Å². The van der Waals surface area contributed by atoms with Crippen molar-refractivity contribution in [3.63, 3.8) is 0 Å². The number of H-pyrrole nitrogens is 2. The Morgan fingerprint density at radius 1 is 0.652 bits per heavy atom. The number of imidazole rings is 1. The third kappa shape index (κ3) is 17.6. The Balaban J connectivity index is 1.63. The Kier molecular flexibility index (Phi) is 21.5. The molecule has 0 spiro atoms. The first kappa shape index (κ1) is 54.2. The molecular weight excluding hydrogens is 909 g/mol. The molecule has 0 aliphatic rings. The number of nitrogens with two attached hydrogens (primary N) is 3. The van der Waals surface area contributed by atoms with E-state index in [4.69, 9.17) is 17.2 Å². The number of thiol groups is 1.